The lowest BCUT2D eigenvalue weighted by atomic mass is 10.1. The van der Waals surface area contributed by atoms with Crippen LogP contribution in [0.4, 0.5) is 0 Å². The number of halogens is 1. The van der Waals surface area contributed by atoms with Gasteiger partial charge in [-0.2, -0.15) is 5.10 Å². The summed E-state index contributed by atoms with van der Waals surface area (Å²) >= 11 is 5.65. The predicted octanol–water partition coefficient (Wildman–Crippen LogP) is 1.11. The first-order chi connectivity index (χ1) is 9.72. The number of pyridine rings is 1. The van der Waals surface area contributed by atoms with Gasteiger partial charge in [-0.1, -0.05) is 11.6 Å². The lowest BCUT2D eigenvalue weighted by molar-refractivity contribution is 0.565. The van der Waals surface area contributed by atoms with E-state index in [0.29, 0.717) is 0 Å². The summed E-state index contributed by atoms with van der Waals surface area (Å²) in [5.74, 6) is 0. The van der Waals surface area contributed by atoms with Crippen molar-refractivity contribution in [1.29, 1.82) is 0 Å². The highest BCUT2D eigenvalue weighted by atomic mass is 35.5. The zero-order valence-corrected chi connectivity index (χ0v) is 13.3. The Balaban J connectivity index is 2.30. The Labute approximate surface area is 127 Å². The topological polar surface area (TPSA) is 96.8 Å². The molecule has 0 bridgehead atoms. The average Bonchev–Trinajstić information content (AvgIpc) is 2.72. The molecule has 0 saturated heterocycles. The number of sulfonamides is 1. The number of aryl methyl sites for hydroxylation is 1. The molecule has 2 aromatic rings. The second kappa shape index (κ2) is 5.63. The Kier molecular flexibility index (Phi) is 4.22. The SMILES string of the molecule is Cc1c(C(C)NS(=O)(=O)c2c[nH]c(=O)c(Cl)c2)cnn1C. The highest BCUT2D eigenvalue weighted by Gasteiger charge is 2.21. The third-order valence-electron chi connectivity index (χ3n) is 3.21. The number of hydrogen-bond donors (Lipinski definition) is 2. The van der Waals surface area contributed by atoms with Gasteiger partial charge in [0, 0.05) is 30.5 Å². The summed E-state index contributed by atoms with van der Waals surface area (Å²) in [4.78, 5) is 13.4. The van der Waals surface area contributed by atoms with Crippen molar-refractivity contribution >= 4 is 21.6 Å². The number of hydrogen-bond acceptors (Lipinski definition) is 4. The molecule has 0 fully saturated rings. The Morgan fingerprint density at radius 1 is 1.48 bits per heavy atom. The summed E-state index contributed by atoms with van der Waals surface area (Å²) in [6, 6.07) is 0.653. The van der Waals surface area contributed by atoms with E-state index in [1.54, 1.807) is 24.9 Å². The smallest absolute Gasteiger partial charge is 0.266 e. The molecule has 0 aliphatic heterocycles. The van der Waals surface area contributed by atoms with Gasteiger partial charge in [-0.25, -0.2) is 13.1 Å². The number of H-pyrrole nitrogens is 1. The van der Waals surface area contributed by atoms with Gasteiger partial charge in [0.2, 0.25) is 10.0 Å². The van der Waals surface area contributed by atoms with Gasteiger partial charge in [-0.15, -0.1) is 0 Å². The molecule has 21 heavy (non-hydrogen) atoms. The predicted molar refractivity (Wildman–Crippen MR) is 78.8 cm³/mol. The number of nitrogens with zero attached hydrogens (tertiary/aromatic N) is 2. The monoisotopic (exact) mass is 330 g/mol. The molecular formula is C12H15ClN4O3S. The van der Waals surface area contributed by atoms with E-state index in [4.69, 9.17) is 11.6 Å². The average molecular weight is 331 g/mol. The molecule has 2 aromatic heterocycles. The van der Waals surface area contributed by atoms with Crippen LogP contribution in [0, 0.1) is 6.92 Å². The Morgan fingerprint density at radius 2 is 2.14 bits per heavy atom. The van der Waals surface area contributed by atoms with Gasteiger partial charge >= 0.3 is 0 Å². The molecule has 2 heterocycles. The lowest BCUT2D eigenvalue weighted by Gasteiger charge is -2.14. The first-order valence-corrected chi connectivity index (χ1v) is 7.97. The van der Waals surface area contributed by atoms with E-state index < -0.39 is 21.6 Å². The molecular weight excluding hydrogens is 316 g/mol. The van der Waals surface area contributed by atoms with E-state index in [1.807, 2.05) is 6.92 Å². The number of aromatic nitrogens is 3. The minimum absolute atomic E-state index is 0.0968. The fraction of sp³-hybridized carbons (Fsp3) is 0.333. The number of aromatic amines is 1. The zero-order valence-electron chi connectivity index (χ0n) is 11.7. The molecule has 114 valence electrons. The van der Waals surface area contributed by atoms with E-state index in [-0.39, 0.29) is 9.92 Å². The van der Waals surface area contributed by atoms with Crippen molar-refractivity contribution in [2.24, 2.45) is 7.05 Å². The molecule has 0 aliphatic rings. The number of rotatable bonds is 4. The quantitative estimate of drug-likeness (QED) is 0.877. The van der Waals surface area contributed by atoms with Crippen LogP contribution in [-0.2, 0) is 17.1 Å². The van der Waals surface area contributed by atoms with Crippen molar-refractivity contribution in [3.05, 3.63) is 45.1 Å². The third-order valence-corrected chi connectivity index (χ3v) is 5.01. The van der Waals surface area contributed by atoms with E-state index in [9.17, 15) is 13.2 Å². The first-order valence-electron chi connectivity index (χ1n) is 6.11. The molecule has 1 atom stereocenters. The van der Waals surface area contributed by atoms with Crippen LogP contribution in [0.5, 0.6) is 0 Å². The third kappa shape index (κ3) is 3.17. The second-order valence-electron chi connectivity index (χ2n) is 4.66. The van der Waals surface area contributed by atoms with E-state index in [0.717, 1.165) is 23.5 Å². The molecule has 0 aliphatic carbocycles. The van der Waals surface area contributed by atoms with Crippen LogP contribution in [0.1, 0.15) is 24.2 Å². The van der Waals surface area contributed by atoms with Crippen LogP contribution in [-0.4, -0.2) is 23.2 Å². The van der Waals surface area contributed by atoms with E-state index in [1.165, 1.54) is 0 Å². The highest BCUT2D eigenvalue weighted by Crippen LogP contribution is 2.19. The van der Waals surface area contributed by atoms with Gasteiger partial charge in [0.15, 0.2) is 0 Å². The molecule has 0 spiro atoms. The molecule has 0 saturated carbocycles. The minimum Gasteiger partial charge on any atom is -0.326 e. The maximum Gasteiger partial charge on any atom is 0.266 e. The molecule has 2 rings (SSSR count). The Morgan fingerprint density at radius 3 is 2.67 bits per heavy atom. The molecule has 0 aromatic carbocycles. The van der Waals surface area contributed by atoms with Crippen molar-refractivity contribution < 1.29 is 8.42 Å². The summed E-state index contributed by atoms with van der Waals surface area (Å²) in [5, 5.41) is 3.90. The van der Waals surface area contributed by atoms with Crippen LogP contribution in [0.2, 0.25) is 5.02 Å². The summed E-state index contributed by atoms with van der Waals surface area (Å²) < 4.78 is 28.7. The number of nitrogens with one attached hydrogen (secondary N) is 2. The molecule has 0 amide bonds. The fourth-order valence-corrected chi connectivity index (χ4v) is 3.35. The van der Waals surface area contributed by atoms with Crippen LogP contribution in [0.3, 0.4) is 0 Å². The van der Waals surface area contributed by atoms with Crippen molar-refractivity contribution in [3.63, 3.8) is 0 Å². The van der Waals surface area contributed by atoms with Gasteiger partial charge in [-0.05, 0) is 19.9 Å². The lowest BCUT2D eigenvalue weighted by Crippen LogP contribution is -2.28. The molecule has 9 heteroatoms. The Hall–Kier alpha value is -1.64. The summed E-state index contributed by atoms with van der Waals surface area (Å²) in [6.45, 7) is 3.57. The minimum atomic E-state index is -3.80. The maximum atomic E-state index is 12.3. The normalized spacial score (nSPS) is 13.3. The van der Waals surface area contributed by atoms with Gasteiger partial charge in [0.05, 0.1) is 11.1 Å². The van der Waals surface area contributed by atoms with Gasteiger partial charge in [0.1, 0.15) is 5.02 Å². The van der Waals surface area contributed by atoms with Gasteiger partial charge in [-0.3, -0.25) is 9.48 Å². The van der Waals surface area contributed by atoms with Crippen molar-refractivity contribution in [2.75, 3.05) is 0 Å². The zero-order chi connectivity index (χ0) is 15.8. The standard InChI is InChI=1S/C12H15ClN4O3S/c1-7(10-6-15-17(3)8(10)2)16-21(19,20)9-4-11(13)12(18)14-5-9/h4-7,16H,1-3H3,(H,14,18). The van der Waals surface area contributed by atoms with Crippen molar-refractivity contribution in [3.8, 4) is 0 Å². The molecule has 7 nitrogen and oxygen atoms in total. The maximum absolute atomic E-state index is 12.3. The highest BCUT2D eigenvalue weighted by molar-refractivity contribution is 7.89. The van der Waals surface area contributed by atoms with Gasteiger partial charge in [0.25, 0.3) is 5.56 Å². The van der Waals surface area contributed by atoms with Crippen LogP contribution in [0.25, 0.3) is 0 Å². The van der Waals surface area contributed by atoms with Crippen LogP contribution in [0.15, 0.2) is 28.2 Å². The fourth-order valence-electron chi connectivity index (χ4n) is 1.90. The molecule has 0 radical (unpaired) electrons. The molecule has 2 N–H and O–H groups in total. The van der Waals surface area contributed by atoms with Crippen LogP contribution < -0.4 is 10.3 Å². The largest absolute Gasteiger partial charge is 0.326 e. The van der Waals surface area contributed by atoms with E-state index in [2.05, 4.69) is 14.8 Å². The molecule has 1 unspecified atom stereocenters. The van der Waals surface area contributed by atoms with Crippen LogP contribution >= 0.6 is 11.6 Å². The first kappa shape index (κ1) is 15.7. The summed E-state index contributed by atoms with van der Waals surface area (Å²) in [5.41, 5.74) is 1.10. The van der Waals surface area contributed by atoms with Crippen molar-refractivity contribution in [2.45, 2.75) is 24.8 Å². The summed E-state index contributed by atoms with van der Waals surface area (Å²) in [7, 11) is -2.02. The second-order valence-corrected chi connectivity index (χ2v) is 6.79. The van der Waals surface area contributed by atoms with E-state index >= 15 is 0 Å². The van der Waals surface area contributed by atoms with Crippen molar-refractivity contribution in [1.82, 2.24) is 19.5 Å². The van der Waals surface area contributed by atoms with Gasteiger partial charge < -0.3 is 4.98 Å². The Bertz CT molecular complexity index is 825. The summed E-state index contributed by atoms with van der Waals surface area (Å²) in [6.07, 6.45) is 2.72.